The number of carbonyl (C=O) groups is 1. The van der Waals surface area contributed by atoms with Crippen molar-refractivity contribution in [3.05, 3.63) is 41.0 Å². The highest BCUT2D eigenvalue weighted by Gasteiger charge is 2.35. The minimum absolute atomic E-state index is 0.0933. The predicted octanol–water partition coefficient (Wildman–Crippen LogP) is 3.88. The van der Waals surface area contributed by atoms with Gasteiger partial charge in [0.1, 0.15) is 5.82 Å². The highest BCUT2D eigenvalue weighted by atomic mass is 32.2. The molecule has 0 radical (unpaired) electrons. The third kappa shape index (κ3) is 4.45. The zero-order chi connectivity index (χ0) is 22.9. The van der Waals surface area contributed by atoms with Gasteiger partial charge in [0.2, 0.25) is 15.8 Å². The summed E-state index contributed by atoms with van der Waals surface area (Å²) < 4.78 is 51.8. The fraction of sp³-hybridized carbons (Fsp3) is 0.381. The van der Waals surface area contributed by atoms with Crippen LogP contribution in [0.15, 0.2) is 39.8 Å². The topological polar surface area (TPSA) is 103 Å². The zero-order valence-electron chi connectivity index (χ0n) is 17.6. The van der Waals surface area contributed by atoms with E-state index in [-0.39, 0.29) is 35.7 Å². The molecule has 3 aromatic rings. The summed E-state index contributed by atoms with van der Waals surface area (Å²) >= 11 is 1.22. The van der Waals surface area contributed by atoms with Gasteiger partial charge in [-0.3, -0.25) is 4.79 Å². The van der Waals surface area contributed by atoms with Crippen LogP contribution in [0.3, 0.4) is 0 Å². The number of ether oxygens (including phenoxy) is 1. The molecule has 3 heterocycles. The first-order chi connectivity index (χ1) is 15.3. The van der Waals surface area contributed by atoms with Crippen molar-refractivity contribution in [2.75, 3.05) is 19.7 Å². The van der Waals surface area contributed by atoms with E-state index >= 15 is 0 Å². The second kappa shape index (κ2) is 9.08. The molecule has 8 nitrogen and oxygen atoms in total. The van der Waals surface area contributed by atoms with Crippen LogP contribution in [0.2, 0.25) is 0 Å². The van der Waals surface area contributed by atoms with Crippen LogP contribution in [0, 0.1) is 18.7 Å². The van der Waals surface area contributed by atoms with E-state index < -0.39 is 21.8 Å². The number of hydrogen-bond acceptors (Lipinski definition) is 8. The average Bonchev–Trinajstić information content (AvgIpc) is 3.41. The first-order valence-electron chi connectivity index (χ1n) is 10.2. The number of aromatic nitrogens is 2. The number of esters is 1. The molecule has 0 spiro atoms. The Hall–Kier alpha value is -2.63. The second-order valence-electron chi connectivity index (χ2n) is 7.42. The fourth-order valence-electron chi connectivity index (χ4n) is 3.65. The Kier molecular flexibility index (Phi) is 6.40. The number of hydrogen-bond donors (Lipinski definition) is 0. The van der Waals surface area contributed by atoms with Crippen molar-refractivity contribution >= 4 is 27.3 Å². The Balaban J connectivity index is 1.59. The van der Waals surface area contributed by atoms with Gasteiger partial charge in [-0.15, -0.1) is 11.3 Å². The Morgan fingerprint density at radius 1 is 1.38 bits per heavy atom. The number of halogens is 1. The summed E-state index contributed by atoms with van der Waals surface area (Å²) in [5.41, 5.74) is 0.458. The Morgan fingerprint density at radius 3 is 2.94 bits per heavy atom. The number of rotatable bonds is 6. The van der Waals surface area contributed by atoms with E-state index in [1.807, 2.05) is 0 Å². The summed E-state index contributed by atoms with van der Waals surface area (Å²) in [5, 5.41) is 3.88. The number of thiophene rings is 1. The molecule has 0 aliphatic carbocycles. The maximum Gasteiger partial charge on any atom is 0.310 e. The summed E-state index contributed by atoms with van der Waals surface area (Å²) in [6.45, 7) is 4.13. The molecule has 0 amide bonds. The molecule has 0 N–H and O–H groups in total. The molecule has 1 aromatic carbocycles. The van der Waals surface area contributed by atoms with Gasteiger partial charge >= 0.3 is 5.97 Å². The summed E-state index contributed by atoms with van der Waals surface area (Å²) in [5.74, 6) is -0.894. The van der Waals surface area contributed by atoms with E-state index in [1.54, 1.807) is 26.0 Å². The van der Waals surface area contributed by atoms with Gasteiger partial charge in [-0.25, -0.2) is 12.8 Å². The third-order valence-corrected chi connectivity index (χ3v) is 8.37. The molecule has 170 valence electrons. The standard InChI is InChI=1S/C21H22FN3O5S2/c1-3-29-21(26)15-7-5-9-25(12-15)32(27,28)18-11-17(31-13(18)2)20-23-19(24-30-20)14-6-4-8-16(22)10-14/h4,6,8,10-11,15H,3,5,7,9,12H2,1-2H3/t15-/m1/s1. The largest absolute Gasteiger partial charge is 0.466 e. The first kappa shape index (κ1) is 22.6. The van der Waals surface area contributed by atoms with Gasteiger partial charge < -0.3 is 9.26 Å². The van der Waals surface area contributed by atoms with Crippen molar-refractivity contribution in [3.63, 3.8) is 0 Å². The highest BCUT2D eigenvalue weighted by molar-refractivity contribution is 7.89. The maximum absolute atomic E-state index is 13.5. The normalized spacial score (nSPS) is 17.4. The lowest BCUT2D eigenvalue weighted by Crippen LogP contribution is -2.42. The van der Waals surface area contributed by atoms with E-state index in [2.05, 4.69) is 10.1 Å². The van der Waals surface area contributed by atoms with Crippen LogP contribution in [0.1, 0.15) is 24.6 Å². The van der Waals surface area contributed by atoms with E-state index in [1.165, 1.54) is 33.8 Å². The molecule has 32 heavy (non-hydrogen) atoms. The van der Waals surface area contributed by atoms with Crippen molar-refractivity contribution in [1.29, 1.82) is 0 Å². The van der Waals surface area contributed by atoms with Crippen LogP contribution in [0.4, 0.5) is 4.39 Å². The van der Waals surface area contributed by atoms with Crippen LogP contribution in [-0.4, -0.2) is 48.5 Å². The second-order valence-corrected chi connectivity index (χ2v) is 10.6. The molecule has 1 atom stereocenters. The lowest BCUT2D eigenvalue weighted by atomic mass is 10.0. The Labute approximate surface area is 189 Å². The van der Waals surface area contributed by atoms with Crippen LogP contribution in [-0.2, 0) is 19.6 Å². The molecule has 11 heteroatoms. The predicted molar refractivity (Wildman–Crippen MR) is 116 cm³/mol. The maximum atomic E-state index is 13.5. The Bertz CT molecular complexity index is 1240. The van der Waals surface area contributed by atoms with Gasteiger partial charge in [-0.05, 0) is 44.9 Å². The van der Waals surface area contributed by atoms with E-state index in [9.17, 15) is 17.6 Å². The van der Waals surface area contributed by atoms with Crippen molar-refractivity contribution < 1.29 is 26.9 Å². The van der Waals surface area contributed by atoms with Crippen molar-refractivity contribution in [2.45, 2.75) is 31.6 Å². The zero-order valence-corrected chi connectivity index (χ0v) is 19.2. The third-order valence-electron chi connectivity index (χ3n) is 5.21. The van der Waals surface area contributed by atoms with Gasteiger partial charge in [0.05, 0.1) is 22.3 Å². The molecule has 0 unspecified atom stereocenters. The molecule has 1 aliphatic rings. The van der Waals surface area contributed by atoms with E-state index in [4.69, 9.17) is 9.26 Å². The summed E-state index contributed by atoms with van der Waals surface area (Å²) in [6, 6.07) is 7.32. The number of benzene rings is 1. The van der Waals surface area contributed by atoms with Crippen molar-refractivity contribution in [3.8, 4) is 22.2 Å². The fourth-order valence-corrected chi connectivity index (χ4v) is 6.65. The summed E-state index contributed by atoms with van der Waals surface area (Å²) in [7, 11) is -3.82. The molecule has 1 saturated heterocycles. The molecule has 2 aromatic heterocycles. The van der Waals surface area contributed by atoms with Crippen molar-refractivity contribution in [1.82, 2.24) is 14.4 Å². The minimum atomic E-state index is -3.82. The number of aryl methyl sites for hydroxylation is 1. The molecule has 1 aliphatic heterocycles. The van der Waals surface area contributed by atoms with Gasteiger partial charge in [-0.1, -0.05) is 17.3 Å². The number of sulfonamides is 1. The number of piperidine rings is 1. The lowest BCUT2D eigenvalue weighted by Gasteiger charge is -2.30. The molecular formula is C21H22FN3O5S2. The van der Waals surface area contributed by atoms with Gasteiger partial charge in [0.15, 0.2) is 0 Å². The number of nitrogens with zero attached hydrogens (tertiary/aromatic N) is 3. The van der Waals surface area contributed by atoms with Crippen LogP contribution in [0.5, 0.6) is 0 Å². The van der Waals surface area contributed by atoms with E-state index in [0.717, 1.165) is 0 Å². The Morgan fingerprint density at radius 2 is 2.19 bits per heavy atom. The highest BCUT2D eigenvalue weighted by Crippen LogP contribution is 2.36. The van der Waals surface area contributed by atoms with Gasteiger partial charge in [0.25, 0.3) is 5.89 Å². The summed E-state index contributed by atoms with van der Waals surface area (Å²) in [4.78, 5) is 17.6. The van der Waals surface area contributed by atoms with Crippen LogP contribution >= 0.6 is 11.3 Å². The molecular weight excluding hydrogens is 457 g/mol. The lowest BCUT2D eigenvalue weighted by molar-refractivity contribution is -0.149. The first-order valence-corrected chi connectivity index (χ1v) is 12.4. The summed E-state index contributed by atoms with van der Waals surface area (Å²) in [6.07, 6.45) is 1.18. The smallest absolute Gasteiger partial charge is 0.310 e. The van der Waals surface area contributed by atoms with E-state index in [0.29, 0.717) is 34.7 Å². The average molecular weight is 480 g/mol. The van der Waals surface area contributed by atoms with Crippen molar-refractivity contribution in [2.24, 2.45) is 5.92 Å². The number of carbonyl (C=O) groups excluding carboxylic acids is 1. The van der Waals surface area contributed by atoms with Crippen LogP contribution in [0.25, 0.3) is 22.2 Å². The monoisotopic (exact) mass is 479 g/mol. The van der Waals surface area contributed by atoms with Gasteiger partial charge in [-0.2, -0.15) is 9.29 Å². The molecule has 1 fully saturated rings. The molecule has 4 rings (SSSR count). The minimum Gasteiger partial charge on any atom is -0.466 e. The quantitative estimate of drug-likeness (QED) is 0.495. The van der Waals surface area contributed by atoms with Gasteiger partial charge in [0, 0.05) is 23.5 Å². The molecule has 0 bridgehead atoms. The SMILES string of the molecule is CCOC(=O)[C@@H]1CCCN(S(=O)(=O)c2cc(-c3nc(-c4cccc(F)c4)no3)sc2C)C1. The van der Waals surface area contributed by atoms with Crippen LogP contribution < -0.4 is 0 Å². The molecule has 0 saturated carbocycles.